The SMILES string of the molecule is Cn1c(=O)c2c(SCC(=O)Nc3ccc(CC#N)cc3)nc(C(C)(C)C)nc2n(C)c1=O. The van der Waals surface area contributed by atoms with Gasteiger partial charge in [0.2, 0.25) is 5.91 Å². The second-order valence-electron chi connectivity index (χ2n) is 8.38. The summed E-state index contributed by atoms with van der Waals surface area (Å²) in [5.74, 6) is 0.222. The van der Waals surface area contributed by atoms with Crippen molar-refractivity contribution in [2.24, 2.45) is 14.1 Å². The summed E-state index contributed by atoms with van der Waals surface area (Å²) in [6.07, 6.45) is 0.304. The molecular weight excluding hydrogens is 428 g/mol. The number of nitrogens with zero attached hydrogens (tertiary/aromatic N) is 5. The summed E-state index contributed by atoms with van der Waals surface area (Å²) in [6.45, 7) is 5.80. The molecular formula is C22H24N6O3S. The highest BCUT2D eigenvalue weighted by Crippen LogP contribution is 2.27. The van der Waals surface area contributed by atoms with Crippen LogP contribution in [0.15, 0.2) is 38.9 Å². The first-order valence-corrected chi connectivity index (χ1v) is 10.9. The van der Waals surface area contributed by atoms with Gasteiger partial charge in [-0.05, 0) is 17.7 Å². The number of amides is 1. The average Bonchev–Trinajstić information content (AvgIpc) is 2.75. The molecule has 0 saturated carbocycles. The number of thioether (sulfide) groups is 1. The second-order valence-corrected chi connectivity index (χ2v) is 9.34. The van der Waals surface area contributed by atoms with E-state index in [0.717, 1.165) is 21.9 Å². The fraction of sp³-hybridized carbons (Fsp3) is 0.364. The summed E-state index contributed by atoms with van der Waals surface area (Å²) < 4.78 is 2.33. The van der Waals surface area contributed by atoms with Gasteiger partial charge in [-0.25, -0.2) is 14.8 Å². The molecule has 0 aliphatic heterocycles. The molecule has 0 saturated heterocycles. The van der Waals surface area contributed by atoms with Gasteiger partial charge in [0.25, 0.3) is 5.56 Å². The van der Waals surface area contributed by atoms with Crippen LogP contribution in [0.3, 0.4) is 0 Å². The highest BCUT2D eigenvalue weighted by Gasteiger charge is 2.24. The van der Waals surface area contributed by atoms with Crippen LogP contribution >= 0.6 is 11.8 Å². The zero-order chi connectivity index (χ0) is 23.6. The van der Waals surface area contributed by atoms with Gasteiger partial charge >= 0.3 is 5.69 Å². The molecule has 1 aromatic carbocycles. The lowest BCUT2D eigenvalue weighted by atomic mass is 9.96. The van der Waals surface area contributed by atoms with Crippen molar-refractivity contribution in [2.45, 2.75) is 37.6 Å². The lowest BCUT2D eigenvalue weighted by molar-refractivity contribution is -0.113. The minimum Gasteiger partial charge on any atom is -0.325 e. The molecule has 9 nitrogen and oxygen atoms in total. The van der Waals surface area contributed by atoms with Crippen LogP contribution in [0.25, 0.3) is 11.0 Å². The highest BCUT2D eigenvalue weighted by molar-refractivity contribution is 8.00. The maximum atomic E-state index is 12.8. The zero-order valence-corrected chi connectivity index (χ0v) is 19.4. The van der Waals surface area contributed by atoms with E-state index in [-0.39, 0.29) is 22.7 Å². The number of carbonyl (C=O) groups is 1. The van der Waals surface area contributed by atoms with Crippen LogP contribution in [0.1, 0.15) is 32.2 Å². The average molecular weight is 453 g/mol. The van der Waals surface area contributed by atoms with Crippen LogP contribution in [0.2, 0.25) is 0 Å². The van der Waals surface area contributed by atoms with Crippen molar-refractivity contribution in [2.75, 3.05) is 11.1 Å². The molecule has 0 atom stereocenters. The van der Waals surface area contributed by atoms with Gasteiger partial charge in [0.15, 0.2) is 5.65 Å². The Morgan fingerprint density at radius 3 is 2.38 bits per heavy atom. The van der Waals surface area contributed by atoms with Gasteiger partial charge in [-0.2, -0.15) is 5.26 Å². The third-order valence-corrected chi connectivity index (χ3v) is 5.77. The first kappa shape index (κ1) is 23.2. The van der Waals surface area contributed by atoms with Gasteiger partial charge in [-0.15, -0.1) is 0 Å². The van der Waals surface area contributed by atoms with Crippen molar-refractivity contribution in [3.63, 3.8) is 0 Å². The predicted octanol–water partition coefficient (Wildman–Crippen LogP) is 2.12. The number of carbonyl (C=O) groups excluding carboxylic acids is 1. The Labute approximate surface area is 189 Å². The Kier molecular flexibility index (Phi) is 6.50. The van der Waals surface area contributed by atoms with E-state index in [9.17, 15) is 14.4 Å². The number of hydrogen-bond donors (Lipinski definition) is 1. The third kappa shape index (κ3) is 4.73. The normalized spacial score (nSPS) is 11.4. The Morgan fingerprint density at radius 1 is 1.12 bits per heavy atom. The van der Waals surface area contributed by atoms with Gasteiger partial charge in [-0.1, -0.05) is 44.7 Å². The third-order valence-electron chi connectivity index (χ3n) is 4.80. The van der Waals surface area contributed by atoms with E-state index in [1.54, 1.807) is 31.3 Å². The van der Waals surface area contributed by atoms with Gasteiger partial charge in [0.05, 0.1) is 18.2 Å². The standard InChI is InChI=1S/C22H24N6O3S/c1-22(2,3)20-25-17-16(19(30)28(5)21(31)27(17)4)18(26-20)32-12-15(29)24-14-8-6-13(7-9-14)10-11-23/h6-9H,10,12H2,1-5H3,(H,24,29). The Hall–Kier alpha value is -3.45. The van der Waals surface area contributed by atoms with Crippen molar-refractivity contribution in [3.05, 3.63) is 56.5 Å². The van der Waals surface area contributed by atoms with Crippen molar-refractivity contribution in [1.82, 2.24) is 19.1 Å². The molecule has 32 heavy (non-hydrogen) atoms. The van der Waals surface area contributed by atoms with Gasteiger partial charge in [0, 0.05) is 25.2 Å². The smallest absolute Gasteiger partial charge is 0.325 e. The Bertz CT molecular complexity index is 1340. The molecule has 10 heteroatoms. The lowest BCUT2D eigenvalue weighted by Crippen LogP contribution is -2.38. The molecule has 1 amide bonds. The molecule has 166 valence electrons. The number of rotatable bonds is 5. The topological polar surface area (TPSA) is 123 Å². The Morgan fingerprint density at radius 2 is 1.78 bits per heavy atom. The molecule has 0 aliphatic carbocycles. The van der Waals surface area contributed by atoms with Crippen LogP contribution in [-0.4, -0.2) is 30.8 Å². The van der Waals surface area contributed by atoms with E-state index < -0.39 is 16.7 Å². The molecule has 3 rings (SSSR count). The van der Waals surface area contributed by atoms with Crippen molar-refractivity contribution < 1.29 is 4.79 Å². The summed E-state index contributed by atoms with van der Waals surface area (Å²) in [7, 11) is 2.96. The van der Waals surface area contributed by atoms with Crippen LogP contribution in [-0.2, 0) is 30.7 Å². The number of nitriles is 1. The minimum absolute atomic E-state index is 0.0155. The molecule has 1 N–H and O–H groups in total. The van der Waals surface area contributed by atoms with Crippen molar-refractivity contribution in [1.29, 1.82) is 5.26 Å². The fourth-order valence-corrected chi connectivity index (χ4v) is 3.81. The fourth-order valence-electron chi connectivity index (χ4n) is 3.00. The van der Waals surface area contributed by atoms with E-state index in [1.807, 2.05) is 20.8 Å². The van der Waals surface area contributed by atoms with Crippen molar-refractivity contribution in [3.8, 4) is 6.07 Å². The van der Waals surface area contributed by atoms with E-state index in [2.05, 4.69) is 21.4 Å². The summed E-state index contributed by atoms with van der Waals surface area (Å²) in [4.78, 5) is 46.8. The largest absolute Gasteiger partial charge is 0.332 e. The van der Waals surface area contributed by atoms with E-state index in [1.165, 1.54) is 11.6 Å². The van der Waals surface area contributed by atoms with Gasteiger partial charge in [-0.3, -0.25) is 18.7 Å². The number of aryl methyl sites for hydroxylation is 1. The molecule has 0 aliphatic rings. The quantitative estimate of drug-likeness (QED) is 0.465. The first-order valence-electron chi connectivity index (χ1n) is 9.89. The molecule has 0 spiro atoms. The lowest BCUT2D eigenvalue weighted by Gasteiger charge is -2.19. The minimum atomic E-state index is -0.500. The molecule has 0 radical (unpaired) electrons. The van der Waals surface area contributed by atoms with Gasteiger partial charge < -0.3 is 5.32 Å². The maximum Gasteiger partial charge on any atom is 0.332 e. The number of hydrogen-bond acceptors (Lipinski definition) is 7. The van der Waals surface area contributed by atoms with Crippen LogP contribution in [0.4, 0.5) is 5.69 Å². The van der Waals surface area contributed by atoms with Crippen molar-refractivity contribution >= 4 is 34.4 Å². The summed E-state index contributed by atoms with van der Waals surface area (Å²) in [6, 6.07) is 9.11. The monoisotopic (exact) mass is 452 g/mol. The second kappa shape index (κ2) is 8.96. The van der Waals surface area contributed by atoms with Crippen LogP contribution in [0.5, 0.6) is 0 Å². The number of aromatic nitrogens is 4. The number of fused-ring (bicyclic) bond motifs is 1. The molecule has 2 aromatic heterocycles. The van der Waals surface area contributed by atoms with E-state index in [0.29, 0.717) is 23.0 Å². The summed E-state index contributed by atoms with van der Waals surface area (Å²) >= 11 is 1.12. The molecule has 2 heterocycles. The van der Waals surface area contributed by atoms with E-state index in [4.69, 9.17) is 5.26 Å². The number of nitrogens with one attached hydrogen (secondary N) is 1. The Balaban J connectivity index is 1.93. The highest BCUT2D eigenvalue weighted by atomic mass is 32.2. The zero-order valence-electron chi connectivity index (χ0n) is 18.6. The van der Waals surface area contributed by atoms with Gasteiger partial charge in [0.1, 0.15) is 16.2 Å². The predicted molar refractivity (Wildman–Crippen MR) is 124 cm³/mol. The molecule has 3 aromatic rings. The van der Waals surface area contributed by atoms with Crippen LogP contribution < -0.4 is 16.6 Å². The molecule has 0 bridgehead atoms. The summed E-state index contributed by atoms with van der Waals surface area (Å²) in [5, 5.41) is 12.1. The maximum absolute atomic E-state index is 12.8. The first-order chi connectivity index (χ1) is 15.0. The van der Waals surface area contributed by atoms with E-state index >= 15 is 0 Å². The summed E-state index contributed by atoms with van der Waals surface area (Å²) in [5.41, 5.74) is 0.318. The molecule has 0 fully saturated rings. The molecule has 0 unspecified atom stereocenters. The van der Waals surface area contributed by atoms with Crippen LogP contribution in [0, 0.1) is 11.3 Å². The number of anilines is 1. The number of benzene rings is 1.